The van der Waals surface area contributed by atoms with E-state index in [0.29, 0.717) is 0 Å². The number of benzene rings is 1. The SMILES string of the molecule is CCOC(C)n1c(C#N)c(C(F)(F)F)c(-c2ccccc2Br)c1C(F)(F)F. The highest BCUT2D eigenvalue weighted by atomic mass is 79.9. The van der Waals surface area contributed by atoms with E-state index in [1.165, 1.54) is 31.2 Å². The highest BCUT2D eigenvalue weighted by Gasteiger charge is 2.49. The Morgan fingerprint density at radius 3 is 2.19 bits per heavy atom. The predicted octanol–water partition coefficient (Wildman–Crippen LogP) is 6.38. The summed E-state index contributed by atoms with van der Waals surface area (Å²) in [5, 5.41) is 9.29. The third-order valence-corrected chi connectivity index (χ3v) is 4.47. The number of rotatable bonds is 4. The predicted molar refractivity (Wildman–Crippen MR) is 88.6 cm³/mol. The average molecular weight is 455 g/mol. The van der Waals surface area contributed by atoms with Gasteiger partial charge in [-0.3, -0.25) is 0 Å². The largest absolute Gasteiger partial charge is 0.432 e. The molecule has 0 fully saturated rings. The molecule has 1 aromatic carbocycles. The molecule has 27 heavy (non-hydrogen) atoms. The Bertz CT molecular complexity index is 879. The van der Waals surface area contributed by atoms with E-state index in [9.17, 15) is 31.6 Å². The van der Waals surface area contributed by atoms with Crippen molar-refractivity contribution in [3.8, 4) is 17.2 Å². The molecular formula is C17H13BrF6N2O. The van der Waals surface area contributed by atoms with Gasteiger partial charge < -0.3 is 9.30 Å². The first-order valence-electron chi connectivity index (χ1n) is 7.64. The van der Waals surface area contributed by atoms with E-state index in [1.807, 2.05) is 0 Å². The highest BCUT2D eigenvalue weighted by Crippen LogP contribution is 2.50. The van der Waals surface area contributed by atoms with Gasteiger partial charge in [0, 0.05) is 16.6 Å². The molecular weight excluding hydrogens is 442 g/mol. The second-order valence-corrected chi connectivity index (χ2v) is 6.31. The Morgan fingerprint density at radius 1 is 1.15 bits per heavy atom. The van der Waals surface area contributed by atoms with E-state index in [2.05, 4.69) is 15.9 Å². The lowest BCUT2D eigenvalue weighted by molar-refractivity contribution is -0.147. The van der Waals surface area contributed by atoms with Crippen molar-refractivity contribution in [2.75, 3.05) is 6.61 Å². The molecule has 146 valence electrons. The van der Waals surface area contributed by atoms with Gasteiger partial charge in [0.1, 0.15) is 29.2 Å². The van der Waals surface area contributed by atoms with Crippen LogP contribution in [0.3, 0.4) is 0 Å². The van der Waals surface area contributed by atoms with Crippen molar-refractivity contribution in [1.82, 2.24) is 4.57 Å². The van der Waals surface area contributed by atoms with Crippen molar-refractivity contribution in [3.05, 3.63) is 45.7 Å². The number of hydrogen-bond acceptors (Lipinski definition) is 2. The molecule has 0 aliphatic carbocycles. The van der Waals surface area contributed by atoms with Crippen LogP contribution in [0, 0.1) is 11.3 Å². The molecule has 1 aromatic heterocycles. The van der Waals surface area contributed by atoms with E-state index in [0.717, 1.165) is 13.0 Å². The van der Waals surface area contributed by atoms with Crippen molar-refractivity contribution in [2.45, 2.75) is 32.4 Å². The molecule has 0 radical (unpaired) electrons. The maximum absolute atomic E-state index is 13.9. The molecule has 0 bridgehead atoms. The Labute approximate surface area is 159 Å². The van der Waals surface area contributed by atoms with Crippen molar-refractivity contribution in [3.63, 3.8) is 0 Å². The van der Waals surface area contributed by atoms with Gasteiger partial charge in [-0.05, 0) is 25.5 Å². The minimum Gasteiger partial charge on any atom is -0.359 e. The number of ether oxygens (including phenoxy) is 1. The zero-order valence-corrected chi connectivity index (χ0v) is 15.6. The van der Waals surface area contributed by atoms with Gasteiger partial charge in [-0.2, -0.15) is 31.6 Å². The lowest BCUT2D eigenvalue weighted by Crippen LogP contribution is -2.20. The number of nitrogens with zero attached hydrogens (tertiary/aromatic N) is 2. The summed E-state index contributed by atoms with van der Waals surface area (Å²) >= 11 is 3.00. The van der Waals surface area contributed by atoms with Gasteiger partial charge in [0.25, 0.3) is 0 Å². The third-order valence-electron chi connectivity index (χ3n) is 3.78. The maximum Gasteiger partial charge on any atom is 0.432 e. The number of alkyl halides is 6. The van der Waals surface area contributed by atoms with Gasteiger partial charge in [0.2, 0.25) is 0 Å². The smallest absolute Gasteiger partial charge is 0.359 e. The summed E-state index contributed by atoms with van der Waals surface area (Å²) in [5.74, 6) is 0. The zero-order valence-electron chi connectivity index (χ0n) is 14.0. The molecule has 3 nitrogen and oxygen atoms in total. The zero-order chi connectivity index (χ0) is 20.6. The van der Waals surface area contributed by atoms with Crippen LogP contribution in [-0.2, 0) is 17.1 Å². The van der Waals surface area contributed by atoms with Gasteiger partial charge in [0.05, 0.1) is 0 Å². The summed E-state index contributed by atoms with van der Waals surface area (Å²) in [7, 11) is 0. The van der Waals surface area contributed by atoms with Crippen molar-refractivity contribution >= 4 is 15.9 Å². The molecule has 0 amide bonds. The fourth-order valence-corrected chi connectivity index (χ4v) is 3.34. The third kappa shape index (κ3) is 3.99. The lowest BCUT2D eigenvalue weighted by atomic mass is 9.99. The first-order chi connectivity index (χ1) is 12.4. The fraction of sp³-hybridized carbons (Fsp3) is 0.353. The fourth-order valence-electron chi connectivity index (χ4n) is 2.86. The van der Waals surface area contributed by atoms with Gasteiger partial charge in [-0.1, -0.05) is 34.1 Å². The second-order valence-electron chi connectivity index (χ2n) is 5.46. The molecule has 0 aliphatic heterocycles. The number of aromatic nitrogens is 1. The Hall–Kier alpha value is -1.99. The van der Waals surface area contributed by atoms with Crippen LogP contribution in [0.4, 0.5) is 26.3 Å². The molecule has 1 heterocycles. The minimum absolute atomic E-state index is 0.0340. The van der Waals surface area contributed by atoms with Gasteiger partial charge >= 0.3 is 12.4 Å². The van der Waals surface area contributed by atoms with E-state index in [1.54, 1.807) is 0 Å². The topological polar surface area (TPSA) is 38.0 Å². The molecule has 1 atom stereocenters. The molecule has 2 aromatic rings. The Morgan fingerprint density at radius 2 is 1.74 bits per heavy atom. The first kappa shape index (κ1) is 21.3. The Kier molecular flexibility index (Phi) is 5.97. The molecule has 0 N–H and O–H groups in total. The van der Waals surface area contributed by atoms with E-state index >= 15 is 0 Å². The van der Waals surface area contributed by atoms with Crippen molar-refractivity contribution in [1.29, 1.82) is 5.26 Å². The highest BCUT2D eigenvalue weighted by molar-refractivity contribution is 9.10. The van der Waals surface area contributed by atoms with E-state index in [-0.39, 0.29) is 21.2 Å². The number of halogens is 7. The summed E-state index contributed by atoms with van der Waals surface area (Å²) in [6.45, 7) is 2.59. The van der Waals surface area contributed by atoms with Crippen LogP contribution < -0.4 is 0 Å². The van der Waals surface area contributed by atoms with Crippen LogP contribution >= 0.6 is 15.9 Å². The van der Waals surface area contributed by atoms with E-state index in [4.69, 9.17) is 4.74 Å². The van der Waals surface area contributed by atoms with Gasteiger partial charge in [0.15, 0.2) is 0 Å². The van der Waals surface area contributed by atoms with Gasteiger partial charge in [-0.25, -0.2) is 0 Å². The molecule has 0 saturated carbocycles. The van der Waals surface area contributed by atoms with Crippen LogP contribution in [0.25, 0.3) is 11.1 Å². The normalized spacial score (nSPS) is 13.5. The molecule has 0 aliphatic rings. The van der Waals surface area contributed by atoms with Crippen molar-refractivity contribution < 1.29 is 31.1 Å². The molecule has 0 spiro atoms. The maximum atomic E-state index is 13.9. The van der Waals surface area contributed by atoms with Crippen LogP contribution in [0.1, 0.15) is 37.0 Å². The number of hydrogen-bond donors (Lipinski definition) is 0. The van der Waals surface area contributed by atoms with Crippen molar-refractivity contribution in [2.24, 2.45) is 0 Å². The van der Waals surface area contributed by atoms with Crippen LogP contribution in [0.5, 0.6) is 0 Å². The summed E-state index contributed by atoms with van der Waals surface area (Å²) in [6, 6.07) is 6.50. The molecule has 0 saturated heterocycles. The lowest BCUT2D eigenvalue weighted by Gasteiger charge is -2.20. The summed E-state index contributed by atoms with van der Waals surface area (Å²) < 4.78 is 88.3. The van der Waals surface area contributed by atoms with E-state index < -0.39 is 41.1 Å². The Balaban J connectivity index is 3.09. The molecule has 2 rings (SSSR count). The summed E-state index contributed by atoms with van der Waals surface area (Å²) in [4.78, 5) is 0. The molecule has 1 unspecified atom stereocenters. The minimum atomic E-state index is -5.19. The van der Waals surface area contributed by atoms with Crippen LogP contribution in [0.15, 0.2) is 28.7 Å². The number of nitriles is 1. The first-order valence-corrected chi connectivity index (χ1v) is 8.43. The van der Waals surface area contributed by atoms with Crippen LogP contribution in [-0.4, -0.2) is 11.2 Å². The van der Waals surface area contributed by atoms with Gasteiger partial charge in [-0.15, -0.1) is 0 Å². The average Bonchev–Trinajstić information content (AvgIpc) is 2.90. The monoisotopic (exact) mass is 454 g/mol. The standard InChI is InChI=1S/C17H13BrF6N2O/c1-3-27-9(2)26-12(8-25)14(16(19,20)21)13(15(26)17(22,23)24)10-6-4-5-7-11(10)18/h4-7,9H,3H2,1-2H3. The second kappa shape index (κ2) is 7.56. The molecule has 10 heteroatoms. The quantitative estimate of drug-likeness (QED) is 0.502. The summed E-state index contributed by atoms with van der Waals surface area (Å²) in [6.07, 6.45) is -11.8. The van der Waals surface area contributed by atoms with Crippen LogP contribution in [0.2, 0.25) is 0 Å². The summed E-state index contributed by atoms with van der Waals surface area (Å²) in [5.41, 5.74) is -5.81.